The van der Waals surface area contributed by atoms with E-state index in [1.165, 1.54) is 58.8 Å². The number of rotatable bonds is 11. The van der Waals surface area contributed by atoms with Crippen LogP contribution in [0.15, 0.2) is 194 Å². The van der Waals surface area contributed by atoms with Crippen molar-refractivity contribution in [2.45, 2.75) is 0 Å². The van der Waals surface area contributed by atoms with Crippen LogP contribution in [-0.2, 0) is 0 Å². The smallest absolute Gasteiger partial charge is 0.101 e. The average molecular weight is 829 g/mol. The molecule has 10 rings (SSSR count). The summed E-state index contributed by atoms with van der Waals surface area (Å²) in [5.41, 5.74) is 4.64. The normalized spacial score (nSPS) is 11.2. The number of hydrogen-bond acceptors (Lipinski definition) is 8. The summed E-state index contributed by atoms with van der Waals surface area (Å²) < 4.78 is 0. The van der Waals surface area contributed by atoms with Crippen LogP contribution >= 0.6 is 68.0 Å². The highest BCUT2D eigenvalue weighted by Gasteiger charge is 2.19. The van der Waals surface area contributed by atoms with E-state index < -0.39 is 0 Å². The first-order valence-electron chi connectivity index (χ1n) is 18.1. The maximum atomic E-state index is 2.34. The molecule has 0 N–H and O–H groups in total. The molecule has 270 valence electrons. The van der Waals surface area contributed by atoms with E-state index in [0.717, 1.165) is 22.7 Å². The third-order valence-corrected chi connectivity index (χ3v) is 16.8. The van der Waals surface area contributed by atoms with Gasteiger partial charge in [0.25, 0.3) is 0 Å². The Kier molecular flexibility index (Phi) is 9.83. The number of anilines is 6. The first kappa shape index (κ1) is 35.1. The summed E-state index contributed by atoms with van der Waals surface area (Å²) in [6.07, 6.45) is 0. The van der Waals surface area contributed by atoms with Crippen LogP contribution in [0.4, 0.5) is 32.8 Å². The van der Waals surface area contributed by atoms with Gasteiger partial charge in [-0.15, -0.1) is 68.0 Å². The van der Waals surface area contributed by atoms with Crippen LogP contribution in [0.2, 0.25) is 0 Å². The lowest BCUT2D eigenvalue weighted by molar-refractivity contribution is 1.32. The SMILES string of the molecule is c1ccc(N(c2ccccc2)c2ccc(-c3ccc(-c4ccc(-c5ccc(-c6ccc(-c7ccc(N(c8ccccc8)c8ccccc8)s7)s6)s5)s4)s3)s2)cc1. The number of thiophene rings is 6. The van der Waals surface area contributed by atoms with Gasteiger partial charge in [-0.2, -0.15) is 0 Å². The molecule has 2 nitrogen and oxygen atoms in total. The highest BCUT2D eigenvalue weighted by molar-refractivity contribution is 7.31. The fourth-order valence-electron chi connectivity index (χ4n) is 6.69. The van der Waals surface area contributed by atoms with E-state index in [-0.39, 0.29) is 0 Å². The second-order valence-corrected chi connectivity index (χ2v) is 19.4. The molecule has 6 heterocycles. The number of hydrogen-bond donors (Lipinski definition) is 0. The summed E-state index contributed by atoms with van der Waals surface area (Å²) >= 11 is 11.2. The zero-order valence-electron chi connectivity index (χ0n) is 29.8. The summed E-state index contributed by atoms with van der Waals surface area (Å²) in [6.45, 7) is 0. The van der Waals surface area contributed by atoms with Gasteiger partial charge >= 0.3 is 0 Å². The van der Waals surface area contributed by atoms with E-state index in [1.807, 2.05) is 68.0 Å². The number of para-hydroxylation sites is 4. The molecule has 0 spiro atoms. The second-order valence-electron chi connectivity index (χ2n) is 12.9. The van der Waals surface area contributed by atoms with Crippen LogP contribution in [0.25, 0.3) is 48.8 Å². The van der Waals surface area contributed by atoms with Crippen LogP contribution in [0.3, 0.4) is 0 Å². The minimum atomic E-state index is 1.16. The van der Waals surface area contributed by atoms with E-state index >= 15 is 0 Å². The molecule has 8 heteroatoms. The van der Waals surface area contributed by atoms with Gasteiger partial charge in [0.2, 0.25) is 0 Å². The summed E-state index contributed by atoms with van der Waals surface area (Å²) in [4.78, 5) is 17.7. The molecule has 4 aromatic carbocycles. The van der Waals surface area contributed by atoms with Crippen molar-refractivity contribution < 1.29 is 0 Å². The van der Waals surface area contributed by atoms with Crippen molar-refractivity contribution in [3.05, 3.63) is 194 Å². The van der Waals surface area contributed by atoms with E-state index in [4.69, 9.17) is 0 Å². The lowest BCUT2D eigenvalue weighted by Crippen LogP contribution is -2.07. The molecule has 0 radical (unpaired) electrons. The Balaban J connectivity index is 0.857. The molecule has 0 unspecified atom stereocenters. The third kappa shape index (κ3) is 7.12. The standard InChI is InChI=1S/C48H32N2S6/c1-5-13-33(14-6-1)49(34-15-7-2-8-16-34)47-31-29-45(55-47)43-27-25-41(53-43)39-23-21-37(51-39)38-22-24-40(52-38)42-26-28-44(54-42)46-30-32-48(56-46)50(35-17-9-3-10-18-35)36-19-11-4-12-20-36/h1-32H. The van der Waals surface area contributed by atoms with Crippen LogP contribution < -0.4 is 9.80 Å². The Morgan fingerprint density at radius 2 is 0.393 bits per heavy atom. The molecule has 0 fully saturated rings. The number of benzene rings is 4. The molecule has 0 atom stereocenters. The van der Waals surface area contributed by atoms with Crippen LogP contribution in [0, 0.1) is 0 Å². The summed E-state index contributed by atoms with van der Waals surface area (Å²) in [5, 5.41) is 2.41. The zero-order chi connectivity index (χ0) is 37.3. The first-order valence-corrected chi connectivity index (χ1v) is 23.0. The highest BCUT2D eigenvalue weighted by atomic mass is 32.1. The molecular formula is C48H32N2S6. The van der Waals surface area contributed by atoms with Gasteiger partial charge in [-0.25, -0.2) is 0 Å². The molecular weight excluding hydrogens is 797 g/mol. The van der Waals surface area contributed by atoms with E-state index in [1.54, 1.807) is 0 Å². The molecule has 56 heavy (non-hydrogen) atoms. The van der Waals surface area contributed by atoms with E-state index in [0.29, 0.717) is 0 Å². The monoisotopic (exact) mass is 828 g/mol. The van der Waals surface area contributed by atoms with Crippen LogP contribution in [0.1, 0.15) is 0 Å². The Labute approximate surface area is 350 Å². The molecule has 6 aromatic heterocycles. The fourth-order valence-corrected chi connectivity index (χ4v) is 13.3. The maximum absolute atomic E-state index is 2.34. The topological polar surface area (TPSA) is 6.48 Å². The molecule has 0 saturated carbocycles. The van der Waals surface area contributed by atoms with Crippen LogP contribution in [0.5, 0.6) is 0 Å². The van der Waals surface area contributed by atoms with Gasteiger partial charge in [-0.05, 0) is 121 Å². The molecule has 0 aliphatic heterocycles. The average Bonchev–Trinajstić information content (AvgIpc) is 4.11. The predicted molar refractivity (Wildman–Crippen MR) is 250 cm³/mol. The summed E-state index contributed by atoms with van der Waals surface area (Å²) in [6, 6.07) is 69.7. The van der Waals surface area contributed by atoms with Gasteiger partial charge < -0.3 is 9.80 Å². The lowest BCUT2D eigenvalue weighted by atomic mass is 10.2. The zero-order valence-corrected chi connectivity index (χ0v) is 34.7. The molecule has 10 aromatic rings. The minimum absolute atomic E-state index is 1.16. The molecule has 0 aliphatic carbocycles. The third-order valence-electron chi connectivity index (χ3n) is 9.32. The molecule has 0 amide bonds. The quantitative estimate of drug-likeness (QED) is 0.128. The highest BCUT2D eigenvalue weighted by Crippen LogP contribution is 2.48. The fraction of sp³-hybridized carbons (Fsp3) is 0. The van der Waals surface area contributed by atoms with Crippen molar-refractivity contribution in [1.29, 1.82) is 0 Å². The number of nitrogens with zero attached hydrogens (tertiary/aromatic N) is 2. The molecule has 0 aliphatic rings. The van der Waals surface area contributed by atoms with Crippen molar-refractivity contribution in [2.75, 3.05) is 9.80 Å². The van der Waals surface area contributed by atoms with Crippen molar-refractivity contribution in [3.63, 3.8) is 0 Å². The van der Waals surface area contributed by atoms with Crippen molar-refractivity contribution in [3.8, 4) is 48.8 Å². The van der Waals surface area contributed by atoms with Gasteiger partial charge in [-0.1, -0.05) is 72.8 Å². The molecule has 0 saturated heterocycles. The minimum Gasteiger partial charge on any atom is -0.302 e. The largest absolute Gasteiger partial charge is 0.302 e. The van der Waals surface area contributed by atoms with Crippen molar-refractivity contribution in [2.24, 2.45) is 0 Å². The maximum Gasteiger partial charge on any atom is 0.101 e. The van der Waals surface area contributed by atoms with Crippen molar-refractivity contribution in [1.82, 2.24) is 0 Å². The Bertz CT molecular complexity index is 2550. The Morgan fingerprint density at radius 1 is 0.196 bits per heavy atom. The van der Waals surface area contributed by atoms with E-state index in [9.17, 15) is 0 Å². The summed E-state index contributed by atoms with van der Waals surface area (Å²) in [7, 11) is 0. The van der Waals surface area contributed by atoms with Gasteiger partial charge in [0, 0.05) is 71.5 Å². The van der Waals surface area contributed by atoms with Crippen molar-refractivity contribution >= 4 is 101 Å². The van der Waals surface area contributed by atoms with Gasteiger partial charge in [0.1, 0.15) is 10.0 Å². The summed E-state index contributed by atoms with van der Waals surface area (Å²) in [5.74, 6) is 0. The molecule has 0 bridgehead atoms. The van der Waals surface area contributed by atoms with Gasteiger partial charge in [0.05, 0.1) is 0 Å². The second kappa shape index (κ2) is 15.7. The van der Waals surface area contributed by atoms with E-state index in [2.05, 4.69) is 204 Å². The Hall–Kier alpha value is -5.32. The lowest BCUT2D eigenvalue weighted by Gasteiger charge is -2.23. The first-order chi connectivity index (χ1) is 27.7. The Morgan fingerprint density at radius 3 is 0.625 bits per heavy atom. The predicted octanol–water partition coefficient (Wildman–Crippen LogP) is 17.3. The van der Waals surface area contributed by atoms with Crippen LogP contribution in [-0.4, -0.2) is 0 Å². The van der Waals surface area contributed by atoms with Gasteiger partial charge in [-0.3, -0.25) is 0 Å². The van der Waals surface area contributed by atoms with Gasteiger partial charge in [0.15, 0.2) is 0 Å².